The Morgan fingerprint density at radius 2 is 1.69 bits per heavy atom. The average Bonchev–Trinajstić information content (AvgIpc) is 2.73. The van der Waals surface area contributed by atoms with Gasteiger partial charge in [-0.1, -0.05) is 12.8 Å². The molecule has 3 aliphatic rings. The van der Waals surface area contributed by atoms with E-state index in [1.165, 1.54) is 12.8 Å². The zero-order chi connectivity index (χ0) is 11.3. The summed E-state index contributed by atoms with van der Waals surface area (Å²) in [6.07, 6.45) is 5.27. The highest BCUT2D eigenvalue weighted by Crippen LogP contribution is 2.41. The van der Waals surface area contributed by atoms with E-state index in [4.69, 9.17) is 4.74 Å². The lowest BCUT2D eigenvalue weighted by atomic mass is 9.93. The molecular weight excluding hydrogens is 226 g/mol. The number of hydrogen-bond donors (Lipinski definition) is 1. The molecule has 0 aromatic rings. The summed E-state index contributed by atoms with van der Waals surface area (Å²) in [5, 5.41) is 3.40. The lowest BCUT2D eigenvalue weighted by Crippen LogP contribution is -2.60. The molecule has 4 nitrogen and oxygen atoms in total. The van der Waals surface area contributed by atoms with Gasteiger partial charge in [-0.2, -0.15) is 0 Å². The molecular formula is C11H19NO3S. The highest BCUT2D eigenvalue weighted by molar-refractivity contribution is 7.91. The molecule has 0 aromatic heterocycles. The van der Waals surface area contributed by atoms with Crippen LogP contribution in [0.25, 0.3) is 0 Å². The summed E-state index contributed by atoms with van der Waals surface area (Å²) in [7, 11) is -2.87. The monoisotopic (exact) mass is 245 g/mol. The van der Waals surface area contributed by atoms with Crippen molar-refractivity contribution >= 4 is 9.84 Å². The van der Waals surface area contributed by atoms with Crippen molar-refractivity contribution < 1.29 is 13.2 Å². The summed E-state index contributed by atoms with van der Waals surface area (Å²) in [5.74, 6) is 0.513. The minimum absolute atomic E-state index is 0.0574. The van der Waals surface area contributed by atoms with E-state index in [1.807, 2.05) is 0 Å². The van der Waals surface area contributed by atoms with Crippen LogP contribution in [0, 0.1) is 0 Å². The second kappa shape index (κ2) is 3.43. The van der Waals surface area contributed by atoms with Crippen LogP contribution < -0.4 is 5.32 Å². The summed E-state index contributed by atoms with van der Waals surface area (Å²) in [4.78, 5) is 0. The van der Waals surface area contributed by atoms with Crippen molar-refractivity contribution in [2.24, 2.45) is 0 Å². The van der Waals surface area contributed by atoms with Crippen LogP contribution in [0.4, 0.5) is 0 Å². The largest absolute Gasteiger partial charge is 0.365 e. The quantitative estimate of drug-likeness (QED) is 0.674. The lowest BCUT2D eigenvalue weighted by Gasteiger charge is -2.45. The first-order valence-corrected chi connectivity index (χ1v) is 7.97. The third kappa shape index (κ3) is 1.79. The van der Waals surface area contributed by atoms with Crippen LogP contribution in [0.15, 0.2) is 0 Å². The Labute approximate surface area is 96.7 Å². The Balaban J connectivity index is 1.82. The van der Waals surface area contributed by atoms with Crippen LogP contribution in [0.1, 0.15) is 32.1 Å². The third-order valence-electron chi connectivity index (χ3n) is 4.19. The molecule has 1 atom stereocenters. The normalized spacial score (nSPS) is 40.8. The zero-order valence-corrected chi connectivity index (χ0v) is 10.3. The number of hydrogen-bond acceptors (Lipinski definition) is 4. The molecule has 2 saturated heterocycles. The molecule has 3 fully saturated rings. The molecule has 0 amide bonds. The second-order valence-electron chi connectivity index (χ2n) is 5.62. The molecule has 0 radical (unpaired) electrons. The number of sulfone groups is 1. The molecule has 2 spiro atoms. The van der Waals surface area contributed by atoms with Crippen LogP contribution in [-0.2, 0) is 14.6 Å². The molecule has 5 heteroatoms. The van der Waals surface area contributed by atoms with Crippen molar-refractivity contribution in [2.45, 2.75) is 43.3 Å². The van der Waals surface area contributed by atoms with E-state index in [0.717, 1.165) is 19.4 Å². The predicted molar refractivity (Wildman–Crippen MR) is 61.2 cm³/mol. The van der Waals surface area contributed by atoms with Crippen molar-refractivity contribution in [3.63, 3.8) is 0 Å². The van der Waals surface area contributed by atoms with Gasteiger partial charge in [0.05, 0.1) is 22.7 Å². The van der Waals surface area contributed by atoms with Gasteiger partial charge in [0.15, 0.2) is 9.84 Å². The molecule has 2 aliphatic heterocycles. The summed E-state index contributed by atoms with van der Waals surface area (Å²) in [6, 6.07) is 0. The number of morpholine rings is 1. The van der Waals surface area contributed by atoms with Crippen molar-refractivity contribution in [1.29, 1.82) is 0 Å². The van der Waals surface area contributed by atoms with Crippen molar-refractivity contribution in [1.82, 2.24) is 5.32 Å². The van der Waals surface area contributed by atoms with Crippen LogP contribution in [0.2, 0.25) is 0 Å². The molecule has 3 rings (SSSR count). The Kier molecular flexibility index (Phi) is 2.36. The van der Waals surface area contributed by atoms with E-state index in [2.05, 4.69) is 5.32 Å². The topological polar surface area (TPSA) is 55.4 Å². The van der Waals surface area contributed by atoms with E-state index < -0.39 is 15.4 Å². The zero-order valence-electron chi connectivity index (χ0n) is 9.50. The standard InChI is InChI=1S/C11H19NO3S/c13-16(14)6-5-11(9-16)8-12-7-10(15-11)3-1-2-4-10/h12H,1-9H2. The smallest absolute Gasteiger partial charge is 0.153 e. The van der Waals surface area contributed by atoms with Gasteiger partial charge in [-0.05, 0) is 19.3 Å². The Bertz CT molecular complexity index is 386. The molecule has 92 valence electrons. The molecule has 1 saturated carbocycles. The first kappa shape index (κ1) is 11.0. The third-order valence-corrected chi connectivity index (χ3v) is 5.99. The second-order valence-corrected chi connectivity index (χ2v) is 7.80. The Morgan fingerprint density at radius 1 is 1.00 bits per heavy atom. The highest BCUT2D eigenvalue weighted by Gasteiger charge is 2.51. The number of ether oxygens (including phenoxy) is 1. The molecule has 0 bridgehead atoms. The van der Waals surface area contributed by atoms with Gasteiger partial charge in [0.2, 0.25) is 0 Å². The predicted octanol–water partition coefficient (Wildman–Crippen LogP) is 0.476. The first-order valence-electron chi connectivity index (χ1n) is 6.15. The minimum atomic E-state index is -2.87. The van der Waals surface area contributed by atoms with Gasteiger partial charge in [0.1, 0.15) is 0 Å². The molecule has 1 aliphatic carbocycles. The number of nitrogens with one attached hydrogen (secondary N) is 1. The highest BCUT2D eigenvalue weighted by atomic mass is 32.2. The fraction of sp³-hybridized carbons (Fsp3) is 1.00. The number of rotatable bonds is 0. The van der Waals surface area contributed by atoms with E-state index in [9.17, 15) is 8.42 Å². The maximum atomic E-state index is 11.6. The Morgan fingerprint density at radius 3 is 2.31 bits per heavy atom. The molecule has 1 unspecified atom stereocenters. The van der Waals surface area contributed by atoms with Crippen molar-refractivity contribution in [2.75, 3.05) is 24.6 Å². The fourth-order valence-electron chi connectivity index (χ4n) is 3.45. The van der Waals surface area contributed by atoms with Gasteiger partial charge in [0, 0.05) is 13.1 Å². The summed E-state index contributed by atoms with van der Waals surface area (Å²) < 4.78 is 29.5. The van der Waals surface area contributed by atoms with Gasteiger partial charge < -0.3 is 10.1 Å². The maximum absolute atomic E-state index is 11.6. The van der Waals surface area contributed by atoms with Crippen LogP contribution in [0.5, 0.6) is 0 Å². The summed E-state index contributed by atoms with van der Waals surface area (Å²) in [6.45, 7) is 1.60. The SMILES string of the molecule is O=S1(=O)CCC2(CNCC3(CCCC3)O2)C1. The molecule has 0 aromatic carbocycles. The summed E-state index contributed by atoms with van der Waals surface area (Å²) in [5.41, 5.74) is -0.473. The maximum Gasteiger partial charge on any atom is 0.153 e. The van der Waals surface area contributed by atoms with E-state index in [-0.39, 0.29) is 11.4 Å². The van der Waals surface area contributed by atoms with Gasteiger partial charge in [0.25, 0.3) is 0 Å². The Hall–Kier alpha value is -0.130. The molecule has 16 heavy (non-hydrogen) atoms. The van der Waals surface area contributed by atoms with Crippen LogP contribution in [-0.4, -0.2) is 44.2 Å². The van der Waals surface area contributed by atoms with E-state index >= 15 is 0 Å². The van der Waals surface area contributed by atoms with Crippen molar-refractivity contribution in [3.8, 4) is 0 Å². The summed E-state index contributed by atoms with van der Waals surface area (Å²) >= 11 is 0. The molecule has 2 heterocycles. The van der Waals surface area contributed by atoms with Gasteiger partial charge in [-0.15, -0.1) is 0 Å². The van der Waals surface area contributed by atoms with Gasteiger partial charge in [-0.3, -0.25) is 0 Å². The first-order chi connectivity index (χ1) is 7.54. The van der Waals surface area contributed by atoms with Crippen LogP contribution in [0.3, 0.4) is 0 Å². The van der Waals surface area contributed by atoms with E-state index in [0.29, 0.717) is 18.7 Å². The van der Waals surface area contributed by atoms with Gasteiger partial charge >= 0.3 is 0 Å². The van der Waals surface area contributed by atoms with E-state index in [1.54, 1.807) is 0 Å². The molecule has 1 N–H and O–H groups in total. The minimum Gasteiger partial charge on any atom is -0.365 e. The van der Waals surface area contributed by atoms with Gasteiger partial charge in [-0.25, -0.2) is 8.42 Å². The van der Waals surface area contributed by atoms with Crippen molar-refractivity contribution in [3.05, 3.63) is 0 Å². The average molecular weight is 245 g/mol. The van der Waals surface area contributed by atoms with Crippen LogP contribution >= 0.6 is 0 Å². The fourth-order valence-corrected chi connectivity index (χ4v) is 5.39. The lowest BCUT2D eigenvalue weighted by molar-refractivity contribution is -0.162.